The van der Waals surface area contributed by atoms with Crippen LogP contribution in [-0.4, -0.2) is 51.1 Å². The lowest BCUT2D eigenvalue weighted by Gasteiger charge is -2.09. The average Bonchev–Trinajstić information content (AvgIpc) is 2.70. The van der Waals surface area contributed by atoms with E-state index in [9.17, 15) is 9.59 Å². The highest BCUT2D eigenvalue weighted by molar-refractivity contribution is 5.94. The molecule has 1 N–H and O–H groups in total. The molecule has 0 fully saturated rings. The van der Waals surface area contributed by atoms with E-state index in [0.717, 1.165) is 11.3 Å². The number of nitrogens with one attached hydrogen (secondary N) is 1. The van der Waals surface area contributed by atoms with Crippen LogP contribution < -0.4 is 14.8 Å². The molecule has 27 heavy (non-hydrogen) atoms. The molecule has 2 rings (SSSR count). The Kier molecular flexibility index (Phi) is 7.43. The van der Waals surface area contributed by atoms with E-state index < -0.39 is 0 Å². The fraction of sp³-hybridized carbons (Fsp3) is 0.238. The van der Waals surface area contributed by atoms with E-state index in [1.807, 2.05) is 24.3 Å². The van der Waals surface area contributed by atoms with E-state index in [4.69, 9.17) is 9.47 Å². The number of amides is 2. The molecule has 0 aliphatic carbocycles. The number of carbonyl (C=O) groups excluding carboxylic acids is 2. The predicted octanol–water partition coefficient (Wildman–Crippen LogP) is 2.61. The molecular formula is C21H24N2O4. The van der Waals surface area contributed by atoms with Crippen molar-refractivity contribution in [3.05, 3.63) is 65.7 Å². The molecule has 0 saturated carbocycles. The smallest absolute Gasteiger partial charge is 0.253 e. The molecule has 0 saturated heterocycles. The third-order valence-electron chi connectivity index (χ3n) is 3.72. The van der Waals surface area contributed by atoms with Gasteiger partial charge in [0, 0.05) is 25.7 Å². The van der Waals surface area contributed by atoms with Gasteiger partial charge >= 0.3 is 0 Å². The van der Waals surface area contributed by atoms with E-state index in [0.29, 0.717) is 24.5 Å². The summed E-state index contributed by atoms with van der Waals surface area (Å²) in [6.45, 7) is 0.763. The summed E-state index contributed by atoms with van der Waals surface area (Å²) >= 11 is 0. The maximum atomic E-state index is 11.8. The Morgan fingerprint density at radius 2 is 1.63 bits per heavy atom. The van der Waals surface area contributed by atoms with E-state index >= 15 is 0 Å². The van der Waals surface area contributed by atoms with Crippen molar-refractivity contribution in [1.29, 1.82) is 0 Å². The third-order valence-corrected chi connectivity index (χ3v) is 3.72. The van der Waals surface area contributed by atoms with E-state index in [2.05, 4.69) is 5.32 Å². The first-order valence-electron chi connectivity index (χ1n) is 8.54. The number of nitrogens with zero attached hydrogens (tertiary/aromatic N) is 1. The minimum absolute atomic E-state index is 0.0554. The van der Waals surface area contributed by atoms with Gasteiger partial charge in [0.2, 0.25) is 5.91 Å². The van der Waals surface area contributed by atoms with Crippen LogP contribution in [0.3, 0.4) is 0 Å². The second-order valence-electron chi connectivity index (χ2n) is 5.97. The quantitative estimate of drug-likeness (QED) is 0.574. The Balaban J connectivity index is 1.73. The Labute approximate surface area is 159 Å². The molecule has 0 aliphatic heterocycles. The van der Waals surface area contributed by atoms with Crippen molar-refractivity contribution in [3.8, 4) is 11.5 Å². The second-order valence-corrected chi connectivity index (χ2v) is 5.97. The van der Waals surface area contributed by atoms with Crippen LogP contribution in [0.4, 0.5) is 0 Å². The molecule has 2 aromatic rings. The lowest BCUT2D eigenvalue weighted by Crippen LogP contribution is -2.26. The molecule has 2 aromatic carbocycles. The number of methoxy groups -OCH3 is 1. The van der Waals surface area contributed by atoms with Crippen molar-refractivity contribution in [2.45, 2.75) is 0 Å². The molecule has 0 atom stereocenters. The standard InChI is InChI=1S/C21H24N2O4/c1-23(2)21(25)17-7-4-16(5-8-17)6-13-20(24)22-14-15-27-19-11-9-18(26-3)10-12-19/h4-13H,14-15H2,1-3H3,(H,22,24)/b13-6+. The van der Waals surface area contributed by atoms with Gasteiger partial charge in [0.05, 0.1) is 13.7 Å². The zero-order valence-corrected chi connectivity index (χ0v) is 15.8. The van der Waals surface area contributed by atoms with Gasteiger partial charge in [0.1, 0.15) is 18.1 Å². The van der Waals surface area contributed by atoms with Gasteiger partial charge in [0.25, 0.3) is 5.91 Å². The van der Waals surface area contributed by atoms with Crippen LogP contribution in [0, 0.1) is 0 Å². The van der Waals surface area contributed by atoms with E-state index in [1.165, 1.54) is 11.0 Å². The molecule has 0 unspecified atom stereocenters. The zero-order chi connectivity index (χ0) is 19.6. The molecule has 0 radical (unpaired) electrons. The lowest BCUT2D eigenvalue weighted by molar-refractivity contribution is -0.116. The summed E-state index contributed by atoms with van der Waals surface area (Å²) in [5.74, 6) is 1.22. The van der Waals surface area contributed by atoms with Crippen LogP contribution in [0.2, 0.25) is 0 Å². The van der Waals surface area contributed by atoms with Crippen molar-refractivity contribution >= 4 is 17.9 Å². The normalized spacial score (nSPS) is 10.5. The first kappa shape index (κ1) is 20.0. The fourth-order valence-corrected chi connectivity index (χ4v) is 2.24. The molecule has 142 valence electrons. The van der Waals surface area contributed by atoms with Gasteiger partial charge in [-0.15, -0.1) is 0 Å². The Morgan fingerprint density at radius 1 is 1.00 bits per heavy atom. The number of carbonyl (C=O) groups is 2. The lowest BCUT2D eigenvalue weighted by atomic mass is 10.1. The topological polar surface area (TPSA) is 67.9 Å². The first-order chi connectivity index (χ1) is 13.0. The summed E-state index contributed by atoms with van der Waals surface area (Å²) in [6, 6.07) is 14.3. The highest BCUT2D eigenvalue weighted by atomic mass is 16.5. The highest BCUT2D eigenvalue weighted by Gasteiger charge is 2.06. The number of hydrogen-bond donors (Lipinski definition) is 1. The number of ether oxygens (including phenoxy) is 2. The summed E-state index contributed by atoms with van der Waals surface area (Å²) in [5, 5.41) is 2.75. The van der Waals surface area contributed by atoms with Gasteiger partial charge in [-0.05, 0) is 48.0 Å². The van der Waals surface area contributed by atoms with Gasteiger partial charge in [-0.25, -0.2) is 0 Å². The minimum Gasteiger partial charge on any atom is -0.497 e. The van der Waals surface area contributed by atoms with Gasteiger partial charge in [-0.2, -0.15) is 0 Å². The molecule has 0 heterocycles. The maximum absolute atomic E-state index is 11.8. The van der Waals surface area contributed by atoms with Crippen molar-refractivity contribution in [2.24, 2.45) is 0 Å². The molecule has 0 spiro atoms. The van der Waals surface area contributed by atoms with Gasteiger partial charge in [-0.3, -0.25) is 9.59 Å². The van der Waals surface area contributed by atoms with Crippen LogP contribution in [0.1, 0.15) is 15.9 Å². The summed E-state index contributed by atoms with van der Waals surface area (Å²) < 4.78 is 10.6. The molecule has 0 aromatic heterocycles. The van der Waals surface area contributed by atoms with Crippen LogP contribution in [0.5, 0.6) is 11.5 Å². The third kappa shape index (κ3) is 6.51. The van der Waals surface area contributed by atoms with E-state index in [-0.39, 0.29) is 11.8 Å². The van der Waals surface area contributed by atoms with Crippen LogP contribution in [0.25, 0.3) is 6.08 Å². The Hall–Kier alpha value is -3.28. The minimum atomic E-state index is -0.207. The largest absolute Gasteiger partial charge is 0.497 e. The molecule has 0 bridgehead atoms. The Bertz CT molecular complexity index is 781. The summed E-state index contributed by atoms with van der Waals surface area (Å²) in [7, 11) is 5.02. The fourth-order valence-electron chi connectivity index (χ4n) is 2.24. The monoisotopic (exact) mass is 368 g/mol. The number of rotatable bonds is 8. The molecule has 2 amide bonds. The molecular weight excluding hydrogens is 344 g/mol. The second kappa shape index (κ2) is 10.0. The maximum Gasteiger partial charge on any atom is 0.253 e. The van der Waals surface area contributed by atoms with Crippen LogP contribution in [-0.2, 0) is 4.79 Å². The predicted molar refractivity (Wildman–Crippen MR) is 105 cm³/mol. The van der Waals surface area contributed by atoms with Crippen molar-refractivity contribution < 1.29 is 19.1 Å². The van der Waals surface area contributed by atoms with Crippen LogP contribution >= 0.6 is 0 Å². The van der Waals surface area contributed by atoms with Crippen molar-refractivity contribution in [3.63, 3.8) is 0 Å². The Morgan fingerprint density at radius 3 is 2.22 bits per heavy atom. The number of benzene rings is 2. The summed E-state index contributed by atoms with van der Waals surface area (Å²) in [6.07, 6.45) is 3.15. The average molecular weight is 368 g/mol. The summed E-state index contributed by atoms with van der Waals surface area (Å²) in [5.41, 5.74) is 1.45. The van der Waals surface area contributed by atoms with Crippen molar-refractivity contribution in [1.82, 2.24) is 10.2 Å². The van der Waals surface area contributed by atoms with Gasteiger partial charge in [0.15, 0.2) is 0 Å². The number of hydrogen-bond acceptors (Lipinski definition) is 4. The van der Waals surface area contributed by atoms with Crippen molar-refractivity contribution in [2.75, 3.05) is 34.4 Å². The molecule has 6 heteroatoms. The summed E-state index contributed by atoms with van der Waals surface area (Å²) in [4.78, 5) is 25.2. The van der Waals surface area contributed by atoms with Crippen LogP contribution in [0.15, 0.2) is 54.6 Å². The first-order valence-corrected chi connectivity index (χ1v) is 8.54. The highest BCUT2D eigenvalue weighted by Crippen LogP contribution is 2.16. The zero-order valence-electron chi connectivity index (χ0n) is 15.8. The van der Waals surface area contributed by atoms with Gasteiger partial charge in [-0.1, -0.05) is 12.1 Å². The van der Waals surface area contributed by atoms with Gasteiger partial charge < -0.3 is 19.7 Å². The molecule has 0 aliphatic rings. The SMILES string of the molecule is COc1ccc(OCCNC(=O)/C=C/c2ccc(C(=O)N(C)C)cc2)cc1. The van der Waals surface area contributed by atoms with E-state index in [1.54, 1.807) is 51.5 Å². The molecule has 6 nitrogen and oxygen atoms in total.